The van der Waals surface area contributed by atoms with E-state index in [4.69, 9.17) is 48.8 Å². The first-order valence-electron chi connectivity index (χ1n) is 16.3. The molecule has 316 valence electrons. The van der Waals surface area contributed by atoms with Crippen LogP contribution in [0, 0.1) is 0 Å². The highest BCUT2D eigenvalue weighted by Gasteiger charge is 2.84. The average molecular weight is 895 g/mol. The summed E-state index contributed by atoms with van der Waals surface area (Å²) in [5, 5.41) is 7.72. The van der Waals surface area contributed by atoms with E-state index in [1.54, 1.807) is 0 Å². The molecule has 0 unspecified atom stereocenters. The van der Waals surface area contributed by atoms with Crippen molar-refractivity contribution in [1.82, 2.24) is 20.8 Å². The predicted molar refractivity (Wildman–Crippen MR) is 193 cm³/mol. The van der Waals surface area contributed by atoms with Gasteiger partial charge in [0.15, 0.2) is 6.61 Å². The molecule has 3 saturated heterocycles. The third kappa shape index (κ3) is 9.01. The topological polar surface area (TPSA) is 313 Å². The highest BCUT2D eigenvalue weighted by atomic mass is 32.3. The first-order chi connectivity index (χ1) is 28.5. The Labute approximate surface area is 338 Å². The monoisotopic (exact) mass is 894 g/mol. The molecule has 0 atom stereocenters. The molecular formula is C32H26N6O19S3. The van der Waals surface area contributed by atoms with Crippen LogP contribution in [0.15, 0.2) is 95.4 Å². The zero-order valence-corrected chi connectivity index (χ0v) is 32.7. The number of hydrogen-bond donors (Lipinski definition) is 2. The highest BCUT2D eigenvalue weighted by Crippen LogP contribution is 2.54. The summed E-state index contributed by atoms with van der Waals surface area (Å²) in [6, 6.07) is 16.7. The predicted octanol–water partition coefficient (Wildman–Crippen LogP) is 0.332. The van der Waals surface area contributed by atoms with E-state index in [-0.39, 0.29) is 34.4 Å². The maximum absolute atomic E-state index is 12.5. The van der Waals surface area contributed by atoms with Crippen molar-refractivity contribution in [3.63, 3.8) is 0 Å². The van der Waals surface area contributed by atoms with Gasteiger partial charge in [-0.25, -0.2) is 20.8 Å². The molecule has 0 saturated carbocycles. The Bertz CT molecular complexity index is 2660. The van der Waals surface area contributed by atoms with Crippen molar-refractivity contribution in [2.24, 2.45) is 10.2 Å². The molecule has 0 bridgehead atoms. The Hall–Kier alpha value is -6.21. The van der Waals surface area contributed by atoms with Gasteiger partial charge in [0, 0.05) is 12.4 Å². The number of rotatable bonds is 16. The minimum Gasteiger partial charge on any atom is -0.485 e. The molecule has 2 N–H and O–H groups in total. The second kappa shape index (κ2) is 16.1. The van der Waals surface area contributed by atoms with Gasteiger partial charge in [-0.1, -0.05) is 0 Å². The van der Waals surface area contributed by atoms with Crippen molar-refractivity contribution in [2.75, 3.05) is 20.8 Å². The largest absolute Gasteiger partial charge is 0.485 e. The van der Waals surface area contributed by atoms with Crippen LogP contribution >= 0.6 is 0 Å². The molecule has 3 aliphatic rings. The van der Waals surface area contributed by atoms with Crippen LogP contribution in [-0.4, -0.2) is 98.2 Å². The molecule has 7 rings (SSSR count). The molecule has 60 heavy (non-hydrogen) atoms. The maximum atomic E-state index is 12.5. The molecule has 0 spiro atoms. The molecule has 0 aliphatic carbocycles. The van der Waals surface area contributed by atoms with Gasteiger partial charge in [0.1, 0.15) is 22.6 Å². The lowest BCUT2D eigenvalue weighted by atomic mass is 10.2. The van der Waals surface area contributed by atoms with E-state index in [0.29, 0.717) is 11.1 Å². The zero-order chi connectivity index (χ0) is 42.8. The lowest BCUT2D eigenvalue weighted by Gasteiger charge is -2.53. The Balaban J connectivity index is 1.03. The highest BCUT2D eigenvalue weighted by molar-refractivity contribution is 7.83. The summed E-state index contributed by atoms with van der Waals surface area (Å²) >= 11 is 0. The van der Waals surface area contributed by atoms with Crippen LogP contribution < -0.4 is 29.8 Å². The first kappa shape index (κ1) is 41.9. The Morgan fingerprint density at radius 1 is 0.633 bits per heavy atom. The summed E-state index contributed by atoms with van der Waals surface area (Å²) in [6.07, 6.45) is 5.38. The molecule has 2 aromatic carbocycles. The smallest absolute Gasteiger partial charge is 0.449 e. The van der Waals surface area contributed by atoms with Gasteiger partial charge in [-0.3, -0.25) is 14.3 Å². The lowest BCUT2D eigenvalue weighted by Crippen LogP contribution is -2.79. The maximum Gasteiger partial charge on any atom is 0.449 e. The Morgan fingerprint density at radius 3 is 1.50 bits per heavy atom. The number of nitrogens with one attached hydrogen (secondary N) is 2. The van der Waals surface area contributed by atoms with E-state index in [0.717, 1.165) is 0 Å². The second-order valence-electron chi connectivity index (χ2n) is 11.7. The van der Waals surface area contributed by atoms with Crippen molar-refractivity contribution in [1.29, 1.82) is 0 Å². The van der Waals surface area contributed by atoms with Gasteiger partial charge in [-0.15, -0.1) is 0 Å². The standard InChI is InChI=1S/C32H26N6O19S3/c1-47-28-24(5-3-15-33-28)26(39)37-35-17-20-7-11-22(12-8-20)49-19-30(52-58(41,42)53-30)51-32(56-60(45,46)57-32)31(54-59(43,44)55-31)50-23-13-9-21(10-14-23)18-36-38-27(40)25-6-4-16-34-29(25)48-2/h3-18H,19H2,1-2H3,(H,37,39)(H,38,40)/b35-17+,36-18+. The number of aromatic nitrogens is 2. The minimum atomic E-state index is -4.99. The van der Waals surface area contributed by atoms with E-state index >= 15 is 0 Å². The minimum absolute atomic E-state index is 0.0116. The van der Waals surface area contributed by atoms with Crippen molar-refractivity contribution >= 4 is 55.4 Å². The van der Waals surface area contributed by atoms with Crippen LogP contribution in [0.1, 0.15) is 31.8 Å². The van der Waals surface area contributed by atoms with Crippen LogP contribution in [0.5, 0.6) is 23.3 Å². The molecule has 2 aromatic heterocycles. The number of hydrazone groups is 2. The Kier molecular flexibility index (Phi) is 11.2. The van der Waals surface area contributed by atoms with Crippen LogP contribution in [0.3, 0.4) is 0 Å². The van der Waals surface area contributed by atoms with E-state index in [2.05, 4.69) is 31.0 Å². The first-order valence-corrected chi connectivity index (χ1v) is 20.3. The van der Waals surface area contributed by atoms with Crippen LogP contribution in [0.2, 0.25) is 0 Å². The molecular weight excluding hydrogens is 869 g/mol. The number of ether oxygens (including phenoxy) is 5. The van der Waals surface area contributed by atoms with Gasteiger partial charge in [0.05, 0.1) is 26.6 Å². The molecule has 5 heterocycles. The molecule has 4 aromatic rings. The number of amides is 2. The number of carbonyl (C=O) groups is 2. The van der Waals surface area contributed by atoms with Gasteiger partial charge < -0.3 is 18.9 Å². The quantitative estimate of drug-likeness (QED) is 0.113. The van der Waals surface area contributed by atoms with Gasteiger partial charge >= 0.3 is 49.1 Å². The van der Waals surface area contributed by atoms with Gasteiger partial charge in [-0.05, 0) is 83.9 Å². The summed E-state index contributed by atoms with van der Waals surface area (Å²) < 4.78 is 128. The molecule has 0 radical (unpaired) electrons. The van der Waals surface area contributed by atoms with Gasteiger partial charge in [-0.2, -0.15) is 60.6 Å². The van der Waals surface area contributed by atoms with Crippen LogP contribution in [0.25, 0.3) is 0 Å². The fraction of sp³-hybridized carbons (Fsp3) is 0.188. The van der Waals surface area contributed by atoms with E-state index in [9.17, 15) is 34.8 Å². The van der Waals surface area contributed by atoms with E-state index < -0.39 is 67.5 Å². The van der Waals surface area contributed by atoms with Crippen molar-refractivity contribution < 1.29 is 83.6 Å². The summed E-state index contributed by atoms with van der Waals surface area (Å²) in [5.74, 6) is -11.0. The second-order valence-corrected chi connectivity index (χ2v) is 15.1. The number of nitrogens with zero attached hydrogens (tertiary/aromatic N) is 4. The normalized spacial score (nSPS) is 19.8. The number of pyridine rings is 2. The Morgan fingerprint density at radius 2 is 1.07 bits per heavy atom. The summed E-state index contributed by atoms with van der Waals surface area (Å²) in [4.78, 5) is 32.8. The number of carbonyl (C=O) groups excluding carboxylic acids is 2. The van der Waals surface area contributed by atoms with Crippen molar-refractivity contribution in [3.8, 4) is 23.3 Å². The number of hydrogen-bond acceptors (Lipinski definition) is 23. The van der Waals surface area contributed by atoms with Crippen LogP contribution in [0.4, 0.5) is 0 Å². The van der Waals surface area contributed by atoms with Gasteiger partial charge in [0.2, 0.25) is 11.8 Å². The number of methoxy groups -OCH3 is 2. The summed E-state index contributed by atoms with van der Waals surface area (Å²) in [5.41, 5.74) is 5.64. The zero-order valence-electron chi connectivity index (χ0n) is 30.2. The number of benzene rings is 2. The third-order valence-corrected chi connectivity index (χ3v) is 10.2. The SMILES string of the molecule is COc1ncccc1C(=O)N/N=C/c1ccc(OCC2(OC3(C4(Oc5ccc(/C=N/NC(=O)c6cccnc6OC)cc5)OS(=O)(=O)O4)OS(=O)(=O)O3)OS(=O)(=O)O2)cc1. The lowest BCUT2D eigenvalue weighted by molar-refractivity contribution is -0.572. The molecule has 28 heteroatoms. The fourth-order valence-corrected chi connectivity index (χ4v) is 7.53. The average Bonchev–Trinajstić information content (AvgIpc) is 3.18. The molecule has 2 amide bonds. The molecule has 3 fully saturated rings. The summed E-state index contributed by atoms with van der Waals surface area (Å²) in [6.45, 7) is -1.03. The van der Waals surface area contributed by atoms with Gasteiger partial charge in [0.25, 0.3) is 11.8 Å². The van der Waals surface area contributed by atoms with Crippen LogP contribution in [-0.2, 0) is 61.0 Å². The van der Waals surface area contributed by atoms with E-state index in [1.807, 2.05) is 0 Å². The van der Waals surface area contributed by atoms with Crippen molar-refractivity contribution in [2.45, 2.75) is 17.9 Å². The molecule has 25 nitrogen and oxygen atoms in total. The molecule has 3 aliphatic heterocycles. The third-order valence-electron chi connectivity index (χ3n) is 7.58. The summed E-state index contributed by atoms with van der Waals surface area (Å²) in [7, 11) is -12.0. The van der Waals surface area contributed by atoms with E-state index in [1.165, 1.54) is 112 Å². The van der Waals surface area contributed by atoms with Crippen molar-refractivity contribution in [3.05, 3.63) is 107 Å². The fourth-order valence-electron chi connectivity index (χ4n) is 5.08.